The Labute approximate surface area is 78.9 Å². The zero-order valence-electron chi connectivity index (χ0n) is 8.46. The highest BCUT2D eigenvalue weighted by molar-refractivity contribution is 5.97. The van der Waals surface area contributed by atoms with Gasteiger partial charge in [0.15, 0.2) is 5.78 Å². The molecule has 1 heterocycles. The van der Waals surface area contributed by atoms with Gasteiger partial charge in [-0.2, -0.15) is 0 Å². The molecule has 1 aromatic rings. The van der Waals surface area contributed by atoms with E-state index in [4.69, 9.17) is 4.42 Å². The minimum absolute atomic E-state index is 0.150. The van der Waals surface area contributed by atoms with Crippen molar-refractivity contribution in [1.29, 1.82) is 0 Å². The van der Waals surface area contributed by atoms with Crippen LogP contribution in [0.1, 0.15) is 42.8 Å². The fourth-order valence-electron chi connectivity index (χ4n) is 1.47. The summed E-state index contributed by atoms with van der Waals surface area (Å²) in [4.78, 5) is 11.8. The molecule has 0 unspecified atom stereocenters. The van der Waals surface area contributed by atoms with Crippen molar-refractivity contribution in [3.05, 3.63) is 23.7 Å². The predicted octanol–water partition coefficient (Wildman–Crippen LogP) is 3.21. The van der Waals surface area contributed by atoms with Gasteiger partial charge in [-0.05, 0) is 25.8 Å². The second-order valence-electron chi connectivity index (χ2n) is 3.32. The smallest absolute Gasteiger partial charge is 0.169 e. The van der Waals surface area contributed by atoms with E-state index in [0.717, 1.165) is 18.6 Å². The van der Waals surface area contributed by atoms with Crippen molar-refractivity contribution in [3.8, 4) is 0 Å². The van der Waals surface area contributed by atoms with Crippen molar-refractivity contribution in [2.24, 2.45) is 5.92 Å². The zero-order valence-corrected chi connectivity index (χ0v) is 8.46. The molecule has 1 aromatic heterocycles. The lowest BCUT2D eigenvalue weighted by molar-refractivity contribution is 0.0913. The summed E-state index contributed by atoms with van der Waals surface area (Å²) in [5.74, 6) is 1.16. The summed E-state index contributed by atoms with van der Waals surface area (Å²) in [6.45, 7) is 5.93. The molecule has 0 atom stereocenters. The van der Waals surface area contributed by atoms with Gasteiger partial charge in [0.2, 0.25) is 0 Å². The molecule has 0 fully saturated rings. The van der Waals surface area contributed by atoms with Gasteiger partial charge in [-0.3, -0.25) is 4.79 Å². The third kappa shape index (κ3) is 2.20. The van der Waals surface area contributed by atoms with Gasteiger partial charge in [-0.1, -0.05) is 13.8 Å². The van der Waals surface area contributed by atoms with Crippen LogP contribution >= 0.6 is 0 Å². The Morgan fingerprint density at radius 3 is 2.46 bits per heavy atom. The highest BCUT2D eigenvalue weighted by atomic mass is 16.3. The molecule has 72 valence electrons. The zero-order chi connectivity index (χ0) is 9.84. The van der Waals surface area contributed by atoms with E-state index >= 15 is 0 Å². The molecule has 0 aromatic carbocycles. The molecule has 0 N–H and O–H groups in total. The van der Waals surface area contributed by atoms with E-state index in [-0.39, 0.29) is 11.7 Å². The second kappa shape index (κ2) is 4.26. The average molecular weight is 180 g/mol. The van der Waals surface area contributed by atoms with Crippen LogP contribution in [0.25, 0.3) is 0 Å². The molecule has 2 heteroatoms. The topological polar surface area (TPSA) is 30.2 Å². The standard InChI is InChI=1S/C11H16O2/c1-4-9(5-2)11(12)10-6-8(3)13-7-10/h6-7,9H,4-5H2,1-3H3. The number of carbonyl (C=O) groups excluding carboxylic acids is 1. The molecule has 0 amide bonds. The molecule has 0 bridgehead atoms. The number of hydrogen-bond acceptors (Lipinski definition) is 2. The first kappa shape index (κ1) is 10.0. The highest BCUT2D eigenvalue weighted by Gasteiger charge is 2.17. The quantitative estimate of drug-likeness (QED) is 0.666. The first-order chi connectivity index (χ1) is 6.19. The fourth-order valence-corrected chi connectivity index (χ4v) is 1.47. The minimum Gasteiger partial charge on any atom is -0.469 e. The molecule has 1 rings (SSSR count). The molecule has 0 saturated carbocycles. The summed E-state index contributed by atoms with van der Waals surface area (Å²) in [5.41, 5.74) is 0.714. The molecule has 2 nitrogen and oxygen atoms in total. The summed E-state index contributed by atoms with van der Waals surface area (Å²) in [5, 5.41) is 0. The summed E-state index contributed by atoms with van der Waals surface area (Å²) < 4.78 is 5.10. The van der Waals surface area contributed by atoms with Crippen molar-refractivity contribution >= 4 is 5.78 Å². The van der Waals surface area contributed by atoms with Crippen molar-refractivity contribution in [2.45, 2.75) is 33.6 Å². The minimum atomic E-state index is 0.150. The first-order valence-electron chi connectivity index (χ1n) is 4.78. The van der Waals surface area contributed by atoms with Crippen LogP contribution in [0.2, 0.25) is 0 Å². The van der Waals surface area contributed by atoms with Crippen LogP contribution < -0.4 is 0 Å². The third-order valence-electron chi connectivity index (χ3n) is 2.37. The number of ketones is 1. The Morgan fingerprint density at radius 2 is 2.08 bits per heavy atom. The summed E-state index contributed by atoms with van der Waals surface area (Å²) in [6, 6.07) is 1.81. The van der Waals surface area contributed by atoms with Crippen molar-refractivity contribution in [1.82, 2.24) is 0 Å². The predicted molar refractivity (Wildman–Crippen MR) is 51.8 cm³/mol. The van der Waals surface area contributed by atoms with Gasteiger partial charge in [0.1, 0.15) is 12.0 Å². The third-order valence-corrected chi connectivity index (χ3v) is 2.37. The van der Waals surface area contributed by atoms with Gasteiger partial charge in [0.05, 0.1) is 5.56 Å². The largest absolute Gasteiger partial charge is 0.469 e. The van der Waals surface area contributed by atoms with E-state index in [9.17, 15) is 4.79 Å². The van der Waals surface area contributed by atoms with Gasteiger partial charge >= 0.3 is 0 Å². The lowest BCUT2D eigenvalue weighted by Crippen LogP contribution is -2.11. The van der Waals surface area contributed by atoms with E-state index in [1.807, 2.05) is 20.8 Å². The molecular weight excluding hydrogens is 164 g/mol. The number of hydrogen-bond donors (Lipinski definition) is 0. The summed E-state index contributed by atoms with van der Waals surface area (Å²) in [7, 11) is 0. The number of aryl methyl sites for hydroxylation is 1. The molecule has 0 aliphatic carbocycles. The maximum Gasteiger partial charge on any atom is 0.169 e. The molecule has 0 saturated heterocycles. The van der Waals surface area contributed by atoms with E-state index in [1.54, 1.807) is 12.3 Å². The molecule has 13 heavy (non-hydrogen) atoms. The van der Waals surface area contributed by atoms with Crippen molar-refractivity contribution in [2.75, 3.05) is 0 Å². The van der Waals surface area contributed by atoms with E-state index in [2.05, 4.69) is 0 Å². The van der Waals surface area contributed by atoms with Crippen molar-refractivity contribution in [3.63, 3.8) is 0 Å². The van der Waals surface area contributed by atoms with Crippen LogP contribution in [0.5, 0.6) is 0 Å². The maximum atomic E-state index is 11.8. The highest BCUT2D eigenvalue weighted by Crippen LogP contribution is 2.17. The van der Waals surface area contributed by atoms with Gasteiger partial charge < -0.3 is 4.42 Å². The SMILES string of the molecule is CCC(CC)C(=O)c1coc(C)c1. The van der Waals surface area contributed by atoms with Gasteiger partial charge in [0.25, 0.3) is 0 Å². The normalized spacial score (nSPS) is 10.8. The monoisotopic (exact) mass is 180 g/mol. The summed E-state index contributed by atoms with van der Waals surface area (Å²) >= 11 is 0. The van der Waals surface area contributed by atoms with Crippen molar-refractivity contribution < 1.29 is 9.21 Å². The van der Waals surface area contributed by atoms with Crippen LogP contribution in [-0.2, 0) is 0 Å². The van der Waals surface area contributed by atoms with Crippen LogP contribution in [0, 0.1) is 12.8 Å². The van der Waals surface area contributed by atoms with Gasteiger partial charge in [-0.25, -0.2) is 0 Å². The number of carbonyl (C=O) groups is 1. The Morgan fingerprint density at radius 1 is 1.46 bits per heavy atom. The Bertz CT molecular complexity index is 282. The first-order valence-corrected chi connectivity index (χ1v) is 4.78. The Hall–Kier alpha value is -1.05. The molecule has 0 spiro atoms. The van der Waals surface area contributed by atoms with E-state index in [0.29, 0.717) is 5.56 Å². The Kier molecular flexibility index (Phi) is 3.29. The molecule has 0 aliphatic heterocycles. The lowest BCUT2D eigenvalue weighted by Gasteiger charge is -2.08. The molecular formula is C11H16O2. The maximum absolute atomic E-state index is 11.8. The van der Waals surface area contributed by atoms with Gasteiger partial charge in [-0.15, -0.1) is 0 Å². The second-order valence-corrected chi connectivity index (χ2v) is 3.32. The number of rotatable bonds is 4. The molecule has 0 aliphatic rings. The van der Waals surface area contributed by atoms with Gasteiger partial charge in [0, 0.05) is 5.92 Å². The fraction of sp³-hybridized carbons (Fsp3) is 0.545. The number of furan rings is 1. The van der Waals surface area contributed by atoms with Crippen LogP contribution in [0.3, 0.4) is 0 Å². The number of Topliss-reactive ketones (excluding diaryl/α,β-unsaturated/α-hetero) is 1. The van der Waals surface area contributed by atoms with Crippen LogP contribution in [-0.4, -0.2) is 5.78 Å². The van der Waals surface area contributed by atoms with Crippen LogP contribution in [0.15, 0.2) is 16.7 Å². The van der Waals surface area contributed by atoms with Crippen LogP contribution in [0.4, 0.5) is 0 Å². The lowest BCUT2D eigenvalue weighted by atomic mass is 9.94. The molecule has 0 radical (unpaired) electrons. The average Bonchev–Trinajstić information content (AvgIpc) is 2.54. The Balaban J connectivity index is 2.78. The van der Waals surface area contributed by atoms with E-state index < -0.39 is 0 Å². The summed E-state index contributed by atoms with van der Waals surface area (Å²) in [6.07, 6.45) is 3.36. The van der Waals surface area contributed by atoms with E-state index in [1.165, 1.54) is 0 Å².